The zero-order valence-corrected chi connectivity index (χ0v) is 13.6. The molecular formula is C16H16N4O2S. The molecule has 0 fully saturated rings. The van der Waals surface area contributed by atoms with E-state index in [2.05, 4.69) is 10.4 Å². The van der Waals surface area contributed by atoms with Crippen molar-refractivity contribution >= 4 is 22.4 Å². The van der Waals surface area contributed by atoms with Crippen LogP contribution in [0.5, 0.6) is 0 Å². The van der Waals surface area contributed by atoms with Crippen molar-refractivity contribution in [2.24, 2.45) is 7.05 Å². The molecule has 0 aliphatic carbocycles. The smallest absolute Gasteiger partial charge is 0.261 e. The first kappa shape index (κ1) is 15.2. The Morgan fingerprint density at radius 3 is 2.43 bits per heavy atom. The van der Waals surface area contributed by atoms with Crippen LogP contribution in [0.2, 0.25) is 0 Å². The molecule has 0 saturated carbocycles. The first-order chi connectivity index (χ1) is 11.1. The highest BCUT2D eigenvalue weighted by atomic mass is 32.2. The number of nitrogens with one attached hydrogen (secondary N) is 1. The van der Waals surface area contributed by atoms with Gasteiger partial charge in [0.05, 0.1) is 6.20 Å². The average Bonchev–Trinajstić information content (AvgIpc) is 3.16. The lowest BCUT2D eigenvalue weighted by Crippen LogP contribution is -2.15. The van der Waals surface area contributed by atoms with E-state index in [9.17, 15) is 9.00 Å². The van der Waals surface area contributed by atoms with Crippen LogP contribution in [0.1, 0.15) is 10.4 Å². The van der Waals surface area contributed by atoms with Crippen LogP contribution in [0.3, 0.4) is 0 Å². The molecule has 1 atom stereocenters. The van der Waals surface area contributed by atoms with E-state index in [1.165, 1.54) is 0 Å². The molecule has 23 heavy (non-hydrogen) atoms. The zero-order valence-electron chi connectivity index (χ0n) is 12.8. The minimum atomic E-state index is -1.04. The molecule has 0 radical (unpaired) electrons. The molecule has 3 rings (SSSR count). The number of amides is 1. The van der Waals surface area contributed by atoms with Gasteiger partial charge in [-0.05, 0) is 36.4 Å². The maximum absolute atomic E-state index is 12.5. The number of anilines is 1. The third-order valence-corrected chi connectivity index (χ3v) is 4.38. The number of rotatable bonds is 4. The van der Waals surface area contributed by atoms with Gasteiger partial charge in [-0.2, -0.15) is 5.10 Å². The van der Waals surface area contributed by atoms with Gasteiger partial charge < -0.3 is 9.88 Å². The van der Waals surface area contributed by atoms with Crippen LogP contribution >= 0.6 is 0 Å². The number of aromatic nitrogens is 3. The van der Waals surface area contributed by atoms with E-state index >= 15 is 0 Å². The van der Waals surface area contributed by atoms with Crippen LogP contribution in [0.4, 0.5) is 5.69 Å². The fourth-order valence-corrected chi connectivity index (χ4v) is 2.82. The van der Waals surface area contributed by atoms with E-state index in [1.54, 1.807) is 48.4 Å². The van der Waals surface area contributed by atoms with Gasteiger partial charge >= 0.3 is 0 Å². The van der Waals surface area contributed by atoms with Gasteiger partial charge in [-0.3, -0.25) is 13.7 Å². The third-order valence-electron chi connectivity index (χ3n) is 3.45. The van der Waals surface area contributed by atoms with Crippen LogP contribution in [0.15, 0.2) is 59.9 Å². The Labute approximate surface area is 136 Å². The summed E-state index contributed by atoms with van der Waals surface area (Å²) in [5, 5.41) is 7.00. The van der Waals surface area contributed by atoms with E-state index in [-0.39, 0.29) is 5.91 Å². The monoisotopic (exact) mass is 328 g/mol. The van der Waals surface area contributed by atoms with E-state index < -0.39 is 10.8 Å². The molecule has 118 valence electrons. The summed E-state index contributed by atoms with van der Waals surface area (Å²) >= 11 is 0. The quantitative estimate of drug-likeness (QED) is 0.798. The second kappa shape index (κ2) is 6.21. The number of carbonyl (C=O) groups is 1. The van der Waals surface area contributed by atoms with E-state index in [4.69, 9.17) is 0 Å². The number of benzene rings is 1. The number of hydrogen-bond donors (Lipinski definition) is 1. The molecule has 0 spiro atoms. The van der Waals surface area contributed by atoms with Gasteiger partial charge in [0.1, 0.15) is 11.4 Å². The summed E-state index contributed by atoms with van der Waals surface area (Å²) in [5.41, 5.74) is 1.12. The standard InChI is InChI=1S/C16H16N4O2S/c1-19-16(20-9-3-4-10-20)14(11-17-19)15(21)18-12-5-7-13(8-6-12)23(2)22/h3-11H,1-2H3,(H,18,21). The van der Waals surface area contributed by atoms with Gasteiger partial charge in [-0.25, -0.2) is 0 Å². The normalized spacial score (nSPS) is 12.1. The number of aryl methyl sites for hydroxylation is 1. The third kappa shape index (κ3) is 3.09. The SMILES string of the molecule is Cn1ncc(C(=O)Nc2ccc(S(C)=O)cc2)c1-n1cccc1. The van der Waals surface area contributed by atoms with Crippen molar-refractivity contribution in [3.05, 3.63) is 60.6 Å². The van der Waals surface area contributed by atoms with Crippen LogP contribution in [0, 0.1) is 0 Å². The molecule has 0 aliphatic rings. The fraction of sp³-hybridized carbons (Fsp3) is 0.125. The van der Waals surface area contributed by atoms with Gasteiger partial charge in [0.2, 0.25) is 0 Å². The highest BCUT2D eigenvalue weighted by Crippen LogP contribution is 2.17. The van der Waals surface area contributed by atoms with Crippen molar-refractivity contribution in [3.8, 4) is 5.82 Å². The largest absolute Gasteiger partial charge is 0.322 e. The van der Waals surface area contributed by atoms with E-state index in [0.717, 1.165) is 4.90 Å². The van der Waals surface area contributed by atoms with Gasteiger partial charge in [0, 0.05) is 47.1 Å². The molecule has 7 heteroatoms. The van der Waals surface area contributed by atoms with E-state index in [1.807, 2.05) is 29.1 Å². The summed E-state index contributed by atoms with van der Waals surface area (Å²) in [7, 11) is 0.753. The van der Waals surface area contributed by atoms with Gasteiger partial charge in [0.25, 0.3) is 5.91 Å². The molecule has 0 bridgehead atoms. The van der Waals surface area contributed by atoms with E-state index in [0.29, 0.717) is 17.1 Å². The highest BCUT2D eigenvalue weighted by molar-refractivity contribution is 7.84. The highest BCUT2D eigenvalue weighted by Gasteiger charge is 2.17. The van der Waals surface area contributed by atoms with Crippen molar-refractivity contribution in [2.75, 3.05) is 11.6 Å². The lowest BCUT2D eigenvalue weighted by molar-refractivity contribution is 0.102. The second-order valence-electron chi connectivity index (χ2n) is 5.03. The first-order valence-corrected chi connectivity index (χ1v) is 8.52. The minimum absolute atomic E-state index is 0.243. The van der Waals surface area contributed by atoms with Crippen molar-refractivity contribution in [2.45, 2.75) is 4.90 Å². The Hall–Kier alpha value is -2.67. The lowest BCUT2D eigenvalue weighted by atomic mass is 10.2. The number of hydrogen-bond acceptors (Lipinski definition) is 3. The second-order valence-corrected chi connectivity index (χ2v) is 6.41. The van der Waals surface area contributed by atoms with Crippen LogP contribution < -0.4 is 5.32 Å². The number of carbonyl (C=O) groups excluding carboxylic acids is 1. The molecule has 6 nitrogen and oxygen atoms in total. The zero-order chi connectivity index (χ0) is 16.4. The predicted octanol–water partition coefficient (Wildman–Crippen LogP) is 2.20. The average molecular weight is 328 g/mol. The molecule has 3 aromatic rings. The van der Waals surface area contributed by atoms with Crippen LogP contribution in [-0.4, -0.2) is 30.7 Å². The summed E-state index contributed by atoms with van der Waals surface area (Å²) in [6.45, 7) is 0. The molecule has 2 aromatic heterocycles. The lowest BCUT2D eigenvalue weighted by Gasteiger charge is -2.08. The molecule has 0 aliphatic heterocycles. The maximum Gasteiger partial charge on any atom is 0.261 e. The summed E-state index contributed by atoms with van der Waals surface area (Å²) in [4.78, 5) is 13.2. The topological polar surface area (TPSA) is 68.9 Å². The Morgan fingerprint density at radius 2 is 1.83 bits per heavy atom. The van der Waals surface area contributed by atoms with Crippen LogP contribution in [0.25, 0.3) is 5.82 Å². The predicted molar refractivity (Wildman–Crippen MR) is 89.3 cm³/mol. The Balaban J connectivity index is 1.86. The first-order valence-electron chi connectivity index (χ1n) is 6.96. The molecule has 1 unspecified atom stereocenters. The van der Waals surface area contributed by atoms with Crippen LogP contribution in [-0.2, 0) is 17.8 Å². The maximum atomic E-state index is 12.5. The number of nitrogens with zero attached hydrogens (tertiary/aromatic N) is 3. The van der Waals surface area contributed by atoms with Crippen molar-refractivity contribution in [1.82, 2.24) is 14.3 Å². The molecule has 1 amide bonds. The summed E-state index contributed by atoms with van der Waals surface area (Å²) in [5.74, 6) is 0.450. The van der Waals surface area contributed by atoms with Crippen molar-refractivity contribution in [1.29, 1.82) is 0 Å². The van der Waals surface area contributed by atoms with Gasteiger partial charge in [-0.15, -0.1) is 0 Å². The minimum Gasteiger partial charge on any atom is -0.322 e. The van der Waals surface area contributed by atoms with Crippen molar-refractivity contribution in [3.63, 3.8) is 0 Å². The summed E-state index contributed by atoms with van der Waals surface area (Å²) in [6, 6.07) is 10.7. The Bertz CT molecular complexity index is 851. The van der Waals surface area contributed by atoms with Crippen molar-refractivity contribution < 1.29 is 9.00 Å². The molecule has 0 saturated heterocycles. The van der Waals surface area contributed by atoms with Gasteiger partial charge in [0.15, 0.2) is 0 Å². The van der Waals surface area contributed by atoms with Gasteiger partial charge in [-0.1, -0.05) is 0 Å². The molecular weight excluding hydrogens is 312 g/mol. The summed E-state index contributed by atoms with van der Waals surface area (Å²) < 4.78 is 14.9. The Morgan fingerprint density at radius 1 is 1.17 bits per heavy atom. The Kier molecular flexibility index (Phi) is 4.12. The molecule has 1 N–H and O–H groups in total. The molecule has 1 aromatic carbocycles. The molecule has 2 heterocycles. The summed E-state index contributed by atoms with van der Waals surface area (Å²) in [6.07, 6.45) is 6.88. The fourth-order valence-electron chi connectivity index (χ4n) is 2.30.